The van der Waals surface area contributed by atoms with Crippen LogP contribution in [-0.4, -0.2) is 45.9 Å². The number of carbonyl (C=O) groups excluding carboxylic acids is 2. The number of carboxylic acid groups (broad SMARTS) is 1. The molecule has 9 heteroatoms. The van der Waals surface area contributed by atoms with Crippen molar-refractivity contribution < 1.29 is 24.2 Å². The third kappa shape index (κ3) is 4.05. The summed E-state index contributed by atoms with van der Waals surface area (Å²) in [5, 5.41) is 15.0. The molecule has 9 nitrogen and oxygen atoms in total. The van der Waals surface area contributed by atoms with Crippen molar-refractivity contribution >= 4 is 17.8 Å². The fourth-order valence-corrected chi connectivity index (χ4v) is 1.46. The summed E-state index contributed by atoms with van der Waals surface area (Å²) < 4.78 is 5.83. The van der Waals surface area contributed by atoms with Crippen LogP contribution in [0.2, 0.25) is 0 Å². The molecule has 0 aliphatic heterocycles. The number of nitrogens with one attached hydrogen (secondary N) is 1. The highest BCUT2D eigenvalue weighted by atomic mass is 16.5. The minimum Gasteiger partial charge on any atom is -0.480 e. The van der Waals surface area contributed by atoms with Gasteiger partial charge >= 0.3 is 11.9 Å². The number of ether oxygens (including phenoxy) is 1. The number of hydrogen-bond donors (Lipinski definition) is 3. The van der Waals surface area contributed by atoms with Gasteiger partial charge in [0.15, 0.2) is 0 Å². The summed E-state index contributed by atoms with van der Waals surface area (Å²) in [6.07, 6.45) is 2.47. The lowest BCUT2D eigenvalue weighted by molar-refractivity contribution is -0.148. The first-order valence-corrected chi connectivity index (χ1v) is 5.69. The number of esters is 1. The van der Waals surface area contributed by atoms with E-state index in [4.69, 9.17) is 10.8 Å². The number of aromatic nitrogens is 2. The second-order valence-electron chi connectivity index (χ2n) is 4.10. The van der Waals surface area contributed by atoms with Gasteiger partial charge in [-0.1, -0.05) is 0 Å². The molecule has 0 aromatic carbocycles. The molecule has 0 spiro atoms. The van der Waals surface area contributed by atoms with Crippen LogP contribution in [0.15, 0.2) is 12.4 Å². The molecule has 0 fully saturated rings. The average molecular weight is 284 g/mol. The Morgan fingerprint density at radius 2 is 2.20 bits per heavy atom. The zero-order valence-electron chi connectivity index (χ0n) is 11.1. The van der Waals surface area contributed by atoms with Gasteiger partial charge in [0.2, 0.25) is 5.91 Å². The van der Waals surface area contributed by atoms with E-state index in [-0.39, 0.29) is 0 Å². The van der Waals surface area contributed by atoms with Crippen LogP contribution in [-0.2, 0) is 26.2 Å². The summed E-state index contributed by atoms with van der Waals surface area (Å²) in [5.41, 5.74) is 6.13. The third-order valence-electron chi connectivity index (χ3n) is 2.58. The lowest BCUT2D eigenvalue weighted by Gasteiger charge is -2.16. The molecule has 1 aromatic rings. The van der Waals surface area contributed by atoms with Crippen molar-refractivity contribution in [2.45, 2.75) is 18.5 Å². The van der Waals surface area contributed by atoms with E-state index < -0.39 is 36.4 Å². The van der Waals surface area contributed by atoms with E-state index in [2.05, 4.69) is 15.2 Å². The maximum absolute atomic E-state index is 11.8. The first-order chi connectivity index (χ1) is 9.35. The average Bonchev–Trinajstić information content (AvgIpc) is 2.83. The number of carbonyl (C=O) groups is 3. The van der Waals surface area contributed by atoms with Crippen molar-refractivity contribution in [1.29, 1.82) is 0 Å². The van der Waals surface area contributed by atoms with Crippen LogP contribution in [0, 0.1) is 0 Å². The molecular formula is C11H16N4O5. The Balaban J connectivity index is 2.70. The highest BCUT2D eigenvalue weighted by Gasteiger charge is 2.27. The van der Waals surface area contributed by atoms with Crippen LogP contribution < -0.4 is 11.1 Å². The van der Waals surface area contributed by atoms with Gasteiger partial charge in [0.1, 0.15) is 12.1 Å². The zero-order chi connectivity index (χ0) is 15.3. The van der Waals surface area contributed by atoms with Crippen LogP contribution in [0.25, 0.3) is 0 Å². The molecule has 4 N–H and O–H groups in total. The molecule has 0 aliphatic carbocycles. The van der Waals surface area contributed by atoms with Gasteiger partial charge < -0.3 is 20.9 Å². The highest BCUT2D eigenvalue weighted by molar-refractivity contribution is 5.89. The summed E-state index contributed by atoms with van der Waals surface area (Å²) in [7, 11) is 2.79. The van der Waals surface area contributed by atoms with Crippen LogP contribution >= 0.6 is 0 Å². The Bertz CT molecular complexity index is 513. The second kappa shape index (κ2) is 6.66. The van der Waals surface area contributed by atoms with E-state index in [1.165, 1.54) is 10.9 Å². The van der Waals surface area contributed by atoms with Gasteiger partial charge in [0.05, 0.1) is 19.7 Å². The van der Waals surface area contributed by atoms with Gasteiger partial charge in [-0.25, -0.2) is 4.79 Å². The number of nitrogens with two attached hydrogens (primary N) is 1. The fraction of sp³-hybridized carbons (Fsp3) is 0.455. The molecular weight excluding hydrogens is 268 g/mol. The van der Waals surface area contributed by atoms with E-state index in [0.29, 0.717) is 5.56 Å². The minimum absolute atomic E-state index is 0.437. The first-order valence-electron chi connectivity index (χ1n) is 5.69. The lowest BCUT2D eigenvalue weighted by Crippen LogP contribution is -2.46. The summed E-state index contributed by atoms with van der Waals surface area (Å²) >= 11 is 0. The normalized spacial score (nSPS) is 13.3. The lowest BCUT2D eigenvalue weighted by atomic mass is 10.1. The molecule has 1 aromatic heterocycles. The molecule has 20 heavy (non-hydrogen) atoms. The van der Waals surface area contributed by atoms with Crippen LogP contribution in [0.4, 0.5) is 0 Å². The molecule has 0 bridgehead atoms. The maximum Gasteiger partial charge on any atom is 0.326 e. The number of carboxylic acids is 1. The number of aliphatic carboxylic acids is 1. The Hall–Kier alpha value is -2.42. The van der Waals surface area contributed by atoms with Crippen LogP contribution in [0.1, 0.15) is 18.0 Å². The Morgan fingerprint density at radius 3 is 2.65 bits per heavy atom. The molecule has 0 saturated heterocycles. The molecule has 0 radical (unpaired) electrons. The van der Waals surface area contributed by atoms with E-state index in [9.17, 15) is 14.4 Å². The van der Waals surface area contributed by atoms with Crippen LogP contribution in [0.5, 0.6) is 0 Å². The fourth-order valence-electron chi connectivity index (χ4n) is 1.46. The molecule has 0 saturated carbocycles. The highest BCUT2D eigenvalue weighted by Crippen LogP contribution is 2.09. The summed E-state index contributed by atoms with van der Waals surface area (Å²) in [6, 6.07) is -2.46. The Labute approximate surface area is 114 Å². The summed E-state index contributed by atoms with van der Waals surface area (Å²) in [6.45, 7) is 0. The predicted octanol–water partition coefficient (Wildman–Crippen LogP) is -1.45. The topological polar surface area (TPSA) is 137 Å². The molecule has 1 unspecified atom stereocenters. The monoisotopic (exact) mass is 284 g/mol. The van der Waals surface area contributed by atoms with Gasteiger partial charge in [-0.3, -0.25) is 14.3 Å². The number of methoxy groups -OCH3 is 1. The quantitative estimate of drug-likeness (QED) is 0.543. The zero-order valence-corrected chi connectivity index (χ0v) is 11.1. The van der Waals surface area contributed by atoms with E-state index in [1.807, 2.05) is 0 Å². The first kappa shape index (κ1) is 15.6. The largest absolute Gasteiger partial charge is 0.480 e. The van der Waals surface area contributed by atoms with Crippen molar-refractivity contribution in [2.75, 3.05) is 7.11 Å². The molecule has 1 heterocycles. The van der Waals surface area contributed by atoms with Gasteiger partial charge in [0, 0.05) is 18.8 Å². The smallest absolute Gasteiger partial charge is 0.326 e. The Morgan fingerprint density at radius 1 is 1.55 bits per heavy atom. The summed E-state index contributed by atoms with van der Waals surface area (Å²) in [5.74, 6) is -2.80. The van der Waals surface area contributed by atoms with Crippen molar-refractivity contribution in [3.05, 3.63) is 18.0 Å². The number of rotatable bonds is 6. The second-order valence-corrected chi connectivity index (χ2v) is 4.10. The molecule has 2 atom stereocenters. The van der Waals surface area contributed by atoms with Crippen molar-refractivity contribution in [3.8, 4) is 0 Å². The van der Waals surface area contributed by atoms with E-state index in [0.717, 1.165) is 7.11 Å². The molecule has 1 rings (SSSR count). The van der Waals surface area contributed by atoms with Crippen molar-refractivity contribution in [1.82, 2.24) is 15.1 Å². The summed E-state index contributed by atoms with van der Waals surface area (Å²) in [4.78, 5) is 33.9. The third-order valence-corrected chi connectivity index (χ3v) is 2.58. The van der Waals surface area contributed by atoms with Crippen molar-refractivity contribution in [3.63, 3.8) is 0 Å². The van der Waals surface area contributed by atoms with Gasteiger partial charge in [-0.15, -0.1) is 0 Å². The number of amides is 1. The SMILES string of the molecule is COC(=O)C[C@H](NC(=O)C(N)c1cnn(C)c1)C(=O)O. The number of hydrogen-bond acceptors (Lipinski definition) is 6. The van der Waals surface area contributed by atoms with E-state index >= 15 is 0 Å². The number of nitrogens with zero attached hydrogens (tertiary/aromatic N) is 2. The molecule has 110 valence electrons. The van der Waals surface area contributed by atoms with E-state index in [1.54, 1.807) is 13.2 Å². The van der Waals surface area contributed by atoms with Gasteiger partial charge in [-0.2, -0.15) is 5.10 Å². The van der Waals surface area contributed by atoms with Crippen molar-refractivity contribution in [2.24, 2.45) is 12.8 Å². The predicted molar refractivity (Wildman–Crippen MR) is 66.3 cm³/mol. The van der Waals surface area contributed by atoms with Gasteiger partial charge in [-0.05, 0) is 0 Å². The number of aryl methyl sites for hydroxylation is 1. The Kier molecular flexibility index (Phi) is 5.21. The molecule has 0 aliphatic rings. The minimum atomic E-state index is -1.39. The van der Waals surface area contributed by atoms with Gasteiger partial charge in [0.25, 0.3) is 0 Å². The molecule has 1 amide bonds. The maximum atomic E-state index is 11.8. The standard InChI is InChI=1S/C11H16N4O5/c1-15-5-6(4-13-15)9(12)10(17)14-7(11(18)19)3-8(16)20-2/h4-5,7,9H,3,12H2,1-2H3,(H,14,17)(H,18,19)/t7-,9?/m0/s1. The van der Waals surface area contributed by atoms with Crippen LogP contribution in [0.3, 0.4) is 0 Å².